The van der Waals surface area contributed by atoms with Crippen LogP contribution in [-0.4, -0.2) is 60.9 Å². The van der Waals surface area contributed by atoms with Gasteiger partial charge in [-0.05, 0) is 31.0 Å². The molecule has 2 rings (SSSR count). The normalized spacial score (nSPS) is 19.8. The van der Waals surface area contributed by atoms with Crippen molar-refractivity contribution < 1.29 is 19.4 Å². The third-order valence-corrected chi connectivity index (χ3v) is 4.12. The molecule has 1 aromatic rings. The van der Waals surface area contributed by atoms with Gasteiger partial charge in [-0.25, -0.2) is 4.79 Å². The molecule has 0 saturated carbocycles. The van der Waals surface area contributed by atoms with Gasteiger partial charge in [-0.2, -0.15) is 0 Å². The lowest BCUT2D eigenvalue weighted by Gasteiger charge is -2.28. The molecule has 24 heavy (non-hydrogen) atoms. The van der Waals surface area contributed by atoms with Crippen LogP contribution in [0.15, 0.2) is 24.3 Å². The van der Waals surface area contributed by atoms with Gasteiger partial charge < -0.3 is 25.4 Å². The van der Waals surface area contributed by atoms with Crippen molar-refractivity contribution in [2.75, 3.05) is 32.1 Å². The van der Waals surface area contributed by atoms with Gasteiger partial charge in [-0.15, -0.1) is 0 Å². The van der Waals surface area contributed by atoms with E-state index in [1.165, 1.54) is 0 Å². The Morgan fingerprint density at radius 1 is 1.38 bits per heavy atom. The van der Waals surface area contributed by atoms with Crippen LogP contribution in [0.2, 0.25) is 0 Å². The molecule has 7 heteroatoms. The molecule has 0 aliphatic carbocycles. The number of hydrogen-bond acceptors (Lipinski definition) is 4. The number of aliphatic hydroxyl groups excluding tert-OH is 1. The van der Waals surface area contributed by atoms with Gasteiger partial charge in [0, 0.05) is 25.7 Å². The Balaban J connectivity index is 1.98. The lowest BCUT2D eigenvalue weighted by Crippen LogP contribution is -2.48. The Bertz CT molecular complexity index is 579. The second-order valence-electron chi connectivity index (χ2n) is 5.76. The highest BCUT2D eigenvalue weighted by Gasteiger charge is 2.33. The van der Waals surface area contributed by atoms with E-state index in [-0.39, 0.29) is 24.6 Å². The number of nitrogens with one attached hydrogen (secondary N) is 2. The van der Waals surface area contributed by atoms with Crippen molar-refractivity contribution in [3.8, 4) is 0 Å². The fourth-order valence-electron chi connectivity index (χ4n) is 2.74. The molecule has 0 spiro atoms. The van der Waals surface area contributed by atoms with Crippen LogP contribution >= 0.6 is 0 Å². The zero-order valence-electron chi connectivity index (χ0n) is 14.1. The maximum Gasteiger partial charge on any atom is 0.322 e. The summed E-state index contributed by atoms with van der Waals surface area (Å²) in [4.78, 5) is 25.4. The van der Waals surface area contributed by atoms with Gasteiger partial charge in [0.1, 0.15) is 0 Å². The molecule has 3 N–H and O–H groups in total. The van der Waals surface area contributed by atoms with Crippen molar-refractivity contribution in [3.63, 3.8) is 0 Å². The molecule has 1 aliphatic rings. The van der Waals surface area contributed by atoms with E-state index in [1.807, 2.05) is 25.1 Å². The third kappa shape index (κ3) is 4.69. The van der Waals surface area contributed by atoms with Crippen LogP contribution in [0.1, 0.15) is 18.9 Å². The second kappa shape index (κ2) is 8.65. The number of benzene rings is 1. The van der Waals surface area contributed by atoms with Crippen molar-refractivity contribution >= 4 is 17.6 Å². The minimum Gasteiger partial charge on any atom is -0.388 e. The summed E-state index contributed by atoms with van der Waals surface area (Å²) in [6.45, 7) is 2.94. The summed E-state index contributed by atoms with van der Waals surface area (Å²) in [6.07, 6.45) is 0.353. The molecular weight excluding hydrogens is 310 g/mol. The van der Waals surface area contributed by atoms with E-state index in [1.54, 1.807) is 18.0 Å². The second-order valence-corrected chi connectivity index (χ2v) is 5.76. The predicted octanol–water partition coefficient (Wildman–Crippen LogP) is 0.979. The van der Waals surface area contributed by atoms with E-state index in [4.69, 9.17) is 4.74 Å². The first-order chi connectivity index (χ1) is 11.5. The summed E-state index contributed by atoms with van der Waals surface area (Å²) in [5, 5.41) is 15.4. The number of ether oxygens (including phenoxy) is 1. The van der Waals surface area contributed by atoms with Crippen LogP contribution in [0, 0.1) is 0 Å². The monoisotopic (exact) mass is 335 g/mol. The summed E-state index contributed by atoms with van der Waals surface area (Å²) in [7, 11) is 1.61. The maximum absolute atomic E-state index is 12.5. The largest absolute Gasteiger partial charge is 0.388 e. The summed E-state index contributed by atoms with van der Waals surface area (Å²) in [5.74, 6) is -0.0168. The first-order valence-corrected chi connectivity index (χ1v) is 8.18. The molecule has 3 amide bonds. The summed E-state index contributed by atoms with van der Waals surface area (Å²) < 4.78 is 5.23. The molecule has 7 nitrogen and oxygen atoms in total. The molecular formula is C17H25N3O4. The Hall–Kier alpha value is -2.12. The number of aryl methyl sites for hydroxylation is 1. The molecule has 1 heterocycles. The molecule has 0 bridgehead atoms. The number of urea groups is 1. The van der Waals surface area contributed by atoms with E-state index in [0.717, 1.165) is 5.56 Å². The van der Waals surface area contributed by atoms with Crippen LogP contribution < -0.4 is 10.6 Å². The molecule has 2 atom stereocenters. The summed E-state index contributed by atoms with van der Waals surface area (Å²) in [6, 6.07) is 6.83. The van der Waals surface area contributed by atoms with Gasteiger partial charge in [0.05, 0.1) is 25.4 Å². The predicted molar refractivity (Wildman–Crippen MR) is 90.8 cm³/mol. The molecule has 1 aliphatic heterocycles. The first-order valence-electron chi connectivity index (χ1n) is 8.18. The SMILES string of the molecule is CCN(C(=O)Nc1cccc(CCC(=O)NC)c1)[C@H]1COC[C@@H]1O. The summed E-state index contributed by atoms with van der Waals surface area (Å²) >= 11 is 0. The van der Waals surface area contributed by atoms with Gasteiger partial charge in [-0.1, -0.05) is 12.1 Å². The van der Waals surface area contributed by atoms with Gasteiger partial charge in [0.25, 0.3) is 0 Å². The minimum atomic E-state index is -0.658. The third-order valence-electron chi connectivity index (χ3n) is 4.12. The van der Waals surface area contributed by atoms with E-state index in [9.17, 15) is 14.7 Å². The quantitative estimate of drug-likeness (QED) is 0.723. The Kier molecular flexibility index (Phi) is 6.57. The average molecular weight is 335 g/mol. The van der Waals surface area contributed by atoms with Crippen LogP contribution in [0.25, 0.3) is 0 Å². The van der Waals surface area contributed by atoms with Crippen LogP contribution in [0.3, 0.4) is 0 Å². The smallest absolute Gasteiger partial charge is 0.322 e. The van der Waals surface area contributed by atoms with Crippen LogP contribution in [0.5, 0.6) is 0 Å². The summed E-state index contributed by atoms with van der Waals surface area (Å²) in [5.41, 5.74) is 1.64. The molecule has 0 aromatic heterocycles. The fraction of sp³-hybridized carbons (Fsp3) is 0.529. The number of nitrogens with zero attached hydrogens (tertiary/aromatic N) is 1. The van der Waals surface area contributed by atoms with Gasteiger partial charge in [0.15, 0.2) is 0 Å². The lowest BCUT2D eigenvalue weighted by molar-refractivity contribution is -0.120. The molecule has 0 radical (unpaired) electrons. The van der Waals surface area contributed by atoms with Crippen molar-refractivity contribution in [3.05, 3.63) is 29.8 Å². The highest BCUT2D eigenvalue weighted by Crippen LogP contribution is 2.17. The Morgan fingerprint density at radius 3 is 2.79 bits per heavy atom. The number of hydrogen-bond donors (Lipinski definition) is 3. The van der Waals surface area contributed by atoms with Crippen molar-refractivity contribution in [2.24, 2.45) is 0 Å². The van der Waals surface area contributed by atoms with E-state index in [0.29, 0.717) is 31.7 Å². The number of aliphatic hydroxyl groups is 1. The molecule has 1 fully saturated rings. The number of carbonyl (C=O) groups is 2. The maximum atomic E-state index is 12.5. The molecule has 132 valence electrons. The topological polar surface area (TPSA) is 90.9 Å². The highest BCUT2D eigenvalue weighted by atomic mass is 16.5. The standard InChI is InChI=1S/C17H25N3O4/c1-3-20(14-10-24-11-15(14)21)17(23)19-13-6-4-5-12(9-13)7-8-16(22)18-2/h4-6,9,14-15,21H,3,7-8,10-11H2,1-2H3,(H,18,22)(H,19,23)/t14-,15-/m0/s1. The minimum absolute atomic E-state index is 0.0168. The number of amides is 3. The van der Waals surface area contributed by atoms with E-state index < -0.39 is 6.10 Å². The van der Waals surface area contributed by atoms with Crippen molar-refractivity contribution in [1.29, 1.82) is 0 Å². The lowest BCUT2D eigenvalue weighted by atomic mass is 10.1. The number of carbonyl (C=O) groups excluding carboxylic acids is 2. The average Bonchev–Trinajstić information content (AvgIpc) is 2.99. The van der Waals surface area contributed by atoms with Gasteiger partial charge in [0.2, 0.25) is 5.91 Å². The number of anilines is 1. The van der Waals surface area contributed by atoms with E-state index in [2.05, 4.69) is 10.6 Å². The van der Waals surface area contributed by atoms with Crippen LogP contribution in [0.4, 0.5) is 10.5 Å². The Morgan fingerprint density at radius 2 is 2.17 bits per heavy atom. The molecule has 1 aromatic carbocycles. The van der Waals surface area contributed by atoms with Crippen LogP contribution in [-0.2, 0) is 16.0 Å². The fourth-order valence-corrected chi connectivity index (χ4v) is 2.74. The van der Waals surface area contributed by atoms with E-state index >= 15 is 0 Å². The first kappa shape index (κ1) is 18.2. The van der Waals surface area contributed by atoms with Gasteiger partial charge >= 0.3 is 6.03 Å². The number of likely N-dealkylation sites (N-methyl/N-ethyl adjacent to an activating group) is 1. The molecule has 0 unspecified atom stereocenters. The molecule has 1 saturated heterocycles. The van der Waals surface area contributed by atoms with Gasteiger partial charge in [-0.3, -0.25) is 4.79 Å². The van der Waals surface area contributed by atoms with Crippen molar-refractivity contribution in [2.45, 2.75) is 31.9 Å². The zero-order valence-corrected chi connectivity index (χ0v) is 14.1. The van der Waals surface area contributed by atoms with Crippen molar-refractivity contribution in [1.82, 2.24) is 10.2 Å². The Labute approximate surface area is 142 Å². The number of rotatable bonds is 6. The zero-order chi connectivity index (χ0) is 17.5. The highest BCUT2D eigenvalue weighted by molar-refractivity contribution is 5.89.